The van der Waals surface area contributed by atoms with Crippen LogP contribution in [0.15, 0.2) is 11.6 Å². The lowest BCUT2D eigenvalue weighted by atomic mass is 10.3. The summed E-state index contributed by atoms with van der Waals surface area (Å²) < 4.78 is 4.23. The summed E-state index contributed by atoms with van der Waals surface area (Å²) in [6, 6.07) is 0. The van der Waals surface area contributed by atoms with Crippen LogP contribution in [0.4, 0.5) is 0 Å². The number of carbonyl (C=O) groups excluding carboxylic acids is 2. The van der Waals surface area contributed by atoms with Crippen molar-refractivity contribution >= 4 is 12.3 Å². The number of carbonyl (C=O) groups is 1. The van der Waals surface area contributed by atoms with E-state index in [1.807, 2.05) is 0 Å². The summed E-state index contributed by atoms with van der Waals surface area (Å²) in [5.74, 6) is -0.532. The van der Waals surface area contributed by atoms with Crippen LogP contribution >= 0.6 is 0 Å². The van der Waals surface area contributed by atoms with Gasteiger partial charge in [0.2, 0.25) is 6.29 Å². The molecule has 0 amide bonds. The Hall–Kier alpha value is -1.12. The van der Waals surface area contributed by atoms with Crippen molar-refractivity contribution in [1.29, 1.82) is 0 Å². The number of rotatable bonds is 2. The first-order valence-corrected chi connectivity index (χ1v) is 2.35. The van der Waals surface area contributed by atoms with Crippen LogP contribution in [0.5, 0.6) is 0 Å². The van der Waals surface area contributed by atoms with Crippen molar-refractivity contribution in [3.8, 4) is 0 Å². The van der Waals surface area contributed by atoms with Gasteiger partial charge in [-0.1, -0.05) is 0 Å². The lowest BCUT2D eigenvalue weighted by Crippen LogP contribution is -1.95. The standard InChI is InChI=1S/C6H7O3/c1-5(4-7)3-6(8)9-2/h3H,1-2H3/b5-3+. The highest BCUT2D eigenvalue weighted by molar-refractivity contribution is 5.89. The molecule has 0 aliphatic heterocycles. The SMILES string of the molecule is COC(=O)/C=C(\C)[C]=O. The van der Waals surface area contributed by atoms with Crippen LogP contribution in [0, 0.1) is 0 Å². The van der Waals surface area contributed by atoms with E-state index in [0.717, 1.165) is 6.08 Å². The van der Waals surface area contributed by atoms with Crippen molar-refractivity contribution < 1.29 is 14.3 Å². The number of hydrogen-bond acceptors (Lipinski definition) is 3. The van der Waals surface area contributed by atoms with Crippen molar-refractivity contribution in [2.24, 2.45) is 0 Å². The smallest absolute Gasteiger partial charge is 0.330 e. The largest absolute Gasteiger partial charge is 0.466 e. The van der Waals surface area contributed by atoms with Gasteiger partial charge in [0, 0.05) is 11.6 Å². The van der Waals surface area contributed by atoms with Crippen molar-refractivity contribution in [3.05, 3.63) is 11.6 Å². The molecule has 0 bridgehead atoms. The predicted molar refractivity (Wildman–Crippen MR) is 31.5 cm³/mol. The second-order valence-corrected chi connectivity index (χ2v) is 1.45. The molecule has 0 aliphatic rings. The molecule has 0 heterocycles. The monoisotopic (exact) mass is 127 g/mol. The van der Waals surface area contributed by atoms with E-state index in [1.165, 1.54) is 14.0 Å². The Morgan fingerprint density at radius 1 is 1.67 bits per heavy atom. The third kappa shape index (κ3) is 3.46. The van der Waals surface area contributed by atoms with Crippen molar-refractivity contribution in [3.63, 3.8) is 0 Å². The molecule has 3 nitrogen and oxygen atoms in total. The molecular weight excluding hydrogens is 120 g/mol. The summed E-state index contributed by atoms with van der Waals surface area (Å²) >= 11 is 0. The van der Waals surface area contributed by atoms with Crippen LogP contribution in [0.3, 0.4) is 0 Å². The molecule has 49 valence electrons. The maximum Gasteiger partial charge on any atom is 0.330 e. The van der Waals surface area contributed by atoms with Crippen molar-refractivity contribution in [2.45, 2.75) is 6.92 Å². The molecule has 0 spiro atoms. The fraction of sp³-hybridized carbons (Fsp3) is 0.333. The van der Waals surface area contributed by atoms with Gasteiger partial charge < -0.3 is 4.74 Å². The Labute approximate surface area is 53.3 Å². The van der Waals surface area contributed by atoms with Crippen molar-refractivity contribution in [1.82, 2.24) is 0 Å². The van der Waals surface area contributed by atoms with E-state index < -0.39 is 5.97 Å². The molecule has 0 rings (SSSR count). The number of esters is 1. The average Bonchev–Trinajstić information content (AvgIpc) is 1.87. The number of hydrogen-bond donors (Lipinski definition) is 0. The normalized spacial score (nSPS) is 10.7. The van der Waals surface area contributed by atoms with E-state index >= 15 is 0 Å². The zero-order chi connectivity index (χ0) is 7.28. The lowest BCUT2D eigenvalue weighted by molar-refractivity contribution is -0.134. The minimum atomic E-state index is -0.532. The lowest BCUT2D eigenvalue weighted by Gasteiger charge is -1.88. The summed E-state index contributed by atoms with van der Waals surface area (Å²) in [4.78, 5) is 20.1. The first-order chi connectivity index (χ1) is 4.20. The Bertz CT molecular complexity index is 146. The zero-order valence-electron chi connectivity index (χ0n) is 5.30. The predicted octanol–water partition coefficient (Wildman–Crippen LogP) is 0.215. The molecular formula is C6H7O3. The van der Waals surface area contributed by atoms with E-state index in [-0.39, 0.29) is 5.57 Å². The fourth-order valence-corrected chi connectivity index (χ4v) is 0.265. The summed E-state index contributed by atoms with van der Waals surface area (Å²) in [5, 5.41) is 0. The molecule has 0 fully saturated rings. The zero-order valence-corrected chi connectivity index (χ0v) is 5.30. The van der Waals surface area contributed by atoms with Gasteiger partial charge >= 0.3 is 5.97 Å². The molecule has 0 aliphatic carbocycles. The highest BCUT2D eigenvalue weighted by Gasteiger charge is 1.93. The van der Waals surface area contributed by atoms with Crippen LogP contribution in [0.2, 0.25) is 0 Å². The molecule has 0 saturated carbocycles. The maximum atomic E-state index is 10.3. The molecule has 3 heteroatoms. The van der Waals surface area contributed by atoms with Gasteiger partial charge in [-0.3, -0.25) is 4.79 Å². The van der Waals surface area contributed by atoms with Crippen molar-refractivity contribution in [2.75, 3.05) is 7.11 Å². The Kier molecular flexibility index (Phi) is 3.35. The van der Waals surface area contributed by atoms with Crippen LogP contribution in [0.1, 0.15) is 6.92 Å². The van der Waals surface area contributed by atoms with Gasteiger partial charge in [-0.05, 0) is 6.92 Å². The second kappa shape index (κ2) is 3.83. The molecule has 0 unspecified atom stereocenters. The van der Waals surface area contributed by atoms with Gasteiger partial charge in [0.1, 0.15) is 0 Å². The highest BCUT2D eigenvalue weighted by Crippen LogP contribution is 1.86. The third-order valence-corrected chi connectivity index (χ3v) is 0.697. The molecule has 0 atom stereocenters. The van der Waals surface area contributed by atoms with Gasteiger partial charge in [-0.25, -0.2) is 4.79 Å². The summed E-state index contributed by atoms with van der Waals surface area (Å²) in [7, 11) is 1.25. The third-order valence-electron chi connectivity index (χ3n) is 0.697. The first-order valence-electron chi connectivity index (χ1n) is 2.35. The van der Waals surface area contributed by atoms with Gasteiger partial charge in [0.15, 0.2) is 0 Å². The minimum absolute atomic E-state index is 0.238. The molecule has 0 N–H and O–H groups in total. The Balaban J connectivity index is 3.94. The Morgan fingerprint density at radius 3 is 2.56 bits per heavy atom. The van der Waals surface area contributed by atoms with Gasteiger partial charge in [0.25, 0.3) is 0 Å². The molecule has 0 aromatic rings. The minimum Gasteiger partial charge on any atom is -0.466 e. The highest BCUT2D eigenvalue weighted by atomic mass is 16.5. The maximum absolute atomic E-state index is 10.3. The van der Waals surface area contributed by atoms with Crippen LogP contribution in [0.25, 0.3) is 0 Å². The number of methoxy groups -OCH3 is 1. The molecule has 0 saturated heterocycles. The van der Waals surface area contributed by atoms with E-state index in [4.69, 9.17) is 0 Å². The second-order valence-electron chi connectivity index (χ2n) is 1.45. The van der Waals surface area contributed by atoms with E-state index in [2.05, 4.69) is 4.74 Å². The van der Waals surface area contributed by atoms with E-state index in [0.29, 0.717) is 0 Å². The quantitative estimate of drug-likeness (QED) is 0.393. The first kappa shape index (κ1) is 7.88. The van der Waals surface area contributed by atoms with Gasteiger partial charge in [-0.2, -0.15) is 0 Å². The van der Waals surface area contributed by atoms with Crippen LogP contribution in [-0.4, -0.2) is 19.4 Å². The van der Waals surface area contributed by atoms with Crippen LogP contribution < -0.4 is 0 Å². The summed E-state index contributed by atoms with van der Waals surface area (Å²) in [6.45, 7) is 1.48. The molecule has 9 heavy (non-hydrogen) atoms. The number of ether oxygens (including phenoxy) is 1. The van der Waals surface area contributed by atoms with E-state index in [1.54, 1.807) is 6.29 Å². The summed E-state index contributed by atoms with van der Waals surface area (Å²) in [6.07, 6.45) is 2.62. The molecule has 0 aromatic heterocycles. The van der Waals surface area contributed by atoms with Gasteiger partial charge in [0.05, 0.1) is 7.11 Å². The van der Waals surface area contributed by atoms with E-state index in [9.17, 15) is 9.59 Å². The summed E-state index contributed by atoms with van der Waals surface area (Å²) in [5.41, 5.74) is 0.238. The molecule has 0 aromatic carbocycles. The fourth-order valence-electron chi connectivity index (χ4n) is 0.265. The Morgan fingerprint density at radius 2 is 2.22 bits per heavy atom. The topological polar surface area (TPSA) is 43.4 Å². The van der Waals surface area contributed by atoms with Crippen LogP contribution in [-0.2, 0) is 14.3 Å². The molecule has 1 radical (unpaired) electrons. The average molecular weight is 127 g/mol. The number of allylic oxidation sites excluding steroid dienone is 1. The van der Waals surface area contributed by atoms with Gasteiger partial charge in [-0.15, -0.1) is 0 Å².